The summed E-state index contributed by atoms with van der Waals surface area (Å²) in [5.74, 6) is -0.104. The van der Waals surface area contributed by atoms with Gasteiger partial charge < -0.3 is 10.6 Å². The Morgan fingerprint density at radius 3 is 2.89 bits per heavy atom. The largest absolute Gasteiger partial charge is 0.352 e. The van der Waals surface area contributed by atoms with Gasteiger partial charge in [-0.1, -0.05) is 0 Å². The van der Waals surface area contributed by atoms with Gasteiger partial charge >= 0.3 is 0 Å². The van der Waals surface area contributed by atoms with Crippen molar-refractivity contribution in [2.75, 3.05) is 19.6 Å². The summed E-state index contributed by atoms with van der Waals surface area (Å²) in [6.07, 6.45) is 2.15. The Balaban J connectivity index is 1.92. The number of hydrogen-bond acceptors (Lipinski definition) is 2. The van der Waals surface area contributed by atoms with Gasteiger partial charge in [-0.15, -0.1) is 0 Å². The van der Waals surface area contributed by atoms with E-state index in [4.69, 9.17) is 0 Å². The number of carbonyl (C=O) groups is 1. The normalized spacial score (nSPS) is 16.6. The molecular formula is C13H16BrFN2O. The molecule has 1 aliphatic rings. The lowest BCUT2D eigenvalue weighted by Gasteiger charge is -2.22. The molecule has 0 unspecified atom stereocenters. The van der Waals surface area contributed by atoms with E-state index in [9.17, 15) is 9.18 Å². The van der Waals surface area contributed by atoms with Gasteiger partial charge in [0.25, 0.3) is 5.91 Å². The van der Waals surface area contributed by atoms with Gasteiger partial charge in [-0.25, -0.2) is 4.39 Å². The molecule has 0 bridgehead atoms. The molecule has 0 spiro atoms. The minimum absolute atomic E-state index is 0.222. The SMILES string of the molecule is O=C(NCC1CCNCC1)c1cc(F)ccc1Br. The van der Waals surface area contributed by atoms with Gasteiger partial charge in [-0.3, -0.25) is 4.79 Å². The highest BCUT2D eigenvalue weighted by Gasteiger charge is 2.16. The van der Waals surface area contributed by atoms with Gasteiger partial charge in [-0.05, 0) is 66.0 Å². The lowest BCUT2D eigenvalue weighted by molar-refractivity contribution is 0.0943. The number of nitrogens with one attached hydrogen (secondary N) is 2. The van der Waals surface area contributed by atoms with Gasteiger partial charge in [0.05, 0.1) is 5.56 Å². The molecule has 1 amide bonds. The van der Waals surface area contributed by atoms with Crippen LogP contribution in [0.25, 0.3) is 0 Å². The van der Waals surface area contributed by atoms with E-state index in [-0.39, 0.29) is 5.91 Å². The average Bonchev–Trinajstić information content (AvgIpc) is 2.40. The first-order valence-corrected chi connectivity index (χ1v) is 6.90. The zero-order valence-corrected chi connectivity index (χ0v) is 11.6. The number of amides is 1. The monoisotopic (exact) mass is 314 g/mol. The molecule has 2 N–H and O–H groups in total. The Kier molecular flexibility index (Phi) is 4.72. The Hall–Kier alpha value is -0.940. The van der Waals surface area contributed by atoms with Crippen molar-refractivity contribution >= 4 is 21.8 Å². The van der Waals surface area contributed by atoms with Crippen LogP contribution in [0.3, 0.4) is 0 Å². The predicted molar refractivity (Wildman–Crippen MR) is 72.0 cm³/mol. The lowest BCUT2D eigenvalue weighted by atomic mass is 9.98. The van der Waals surface area contributed by atoms with Crippen LogP contribution < -0.4 is 10.6 Å². The Morgan fingerprint density at radius 2 is 2.17 bits per heavy atom. The average molecular weight is 315 g/mol. The van der Waals surface area contributed by atoms with E-state index >= 15 is 0 Å². The summed E-state index contributed by atoms with van der Waals surface area (Å²) in [6.45, 7) is 2.66. The molecule has 5 heteroatoms. The van der Waals surface area contributed by atoms with Crippen LogP contribution in [0, 0.1) is 11.7 Å². The third-order valence-electron chi connectivity index (χ3n) is 3.18. The quantitative estimate of drug-likeness (QED) is 0.899. The summed E-state index contributed by atoms with van der Waals surface area (Å²) in [5, 5.41) is 6.15. The van der Waals surface area contributed by atoms with Crippen molar-refractivity contribution in [1.29, 1.82) is 0 Å². The topological polar surface area (TPSA) is 41.1 Å². The third kappa shape index (κ3) is 3.53. The van der Waals surface area contributed by atoms with Crippen molar-refractivity contribution in [3.8, 4) is 0 Å². The smallest absolute Gasteiger partial charge is 0.252 e. The van der Waals surface area contributed by atoms with Crippen LogP contribution in [0.15, 0.2) is 22.7 Å². The van der Waals surface area contributed by atoms with Crippen molar-refractivity contribution in [2.24, 2.45) is 5.92 Å². The molecule has 0 saturated carbocycles. The molecule has 1 heterocycles. The summed E-state index contributed by atoms with van der Waals surface area (Å²) in [5.41, 5.74) is 0.351. The standard InChI is InChI=1S/C13H16BrFN2O/c14-12-2-1-10(15)7-11(12)13(18)17-8-9-3-5-16-6-4-9/h1-2,7,9,16H,3-6,8H2,(H,17,18). The van der Waals surface area contributed by atoms with Crippen molar-refractivity contribution in [2.45, 2.75) is 12.8 Å². The van der Waals surface area contributed by atoms with Crippen molar-refractivity contribution in [3.05, 3.63) is 34.1 Å². The first kappa shape index (κ1) is 13.5. The van der Waals surface area contributed by atoms with E-state index < -0.39 is 5.82 Å². The van der Waals surface area contributed by atoms with Gasteiger partial charge in [0.1, 0.15) is 5.82 Å². The second kappa shape index (κ2) is 6.29. The summed E-state index contributed by atoms with van der Waals surface area (Å²) in [7, 11) is 0. The second-order valence-electron chi connectivity index (χ2n) is 4.53. The molecule has 0 radical (unpaired) electrons. The van der Waals surface area contributed by atoms with Crippen LogP contribution in [0.2, 0.25) is 0 Å². The molecule has 1 aliphatic heterocycles. The molecule has 1 fully saturated rings. The predicted octanol–water partition coefficient (Wildman–Crippen LogP) is 2.32. The first-order valence-electron chi connectivity index (χ1n) is 6.11. The molecular weight excluding hydrogens is 299 g/mol. The fourth-order valence-electron chi connectivity index (χ4n) is 2.09. The molecule has 0 aromatic heterocycles. The minimum atomic E-state index is -0.398. The van der Waals surface area contributed by atoms with E-state index in [1.807, 2.05) is 0 Å². The number of rotatable bonds is 3. The maximum Gasteiger partial charge on any atom is 0.252 e. The summed E-state index contributed by atoms with van der Waals surface area (Å²) < 4.78 is 13.7. The molecule has 0 atom stereocenters. The molecule has 3 nitrogen and oxygen atoms in total. The van der Waals surface area contributed by atoms with Crippen molar-refractivity contribution in [3.63, 3.8) is 0 Å². The van der Waals surface area contributed by atoms with Crippen LogP contribution in [0.4, 0.5) is 4.39 Å². The number of piperidine rings is 1. The van der Waals surface area contributed by atoms with Gasteiger partial charge in [-0.2, -0.15) is 0 Å². The number of benzene rings is 1. The van der Waals surface area contributed by atoms with Crippen LogP contribution in [-0.4, -0.2) is 25.5 Å². The van der Waals surface area contributed by atoms with E-state index in [1.54, 1.807) is 6.07 Å². The highest BCUT2D eigenvalue weighted by atomic mass is 79.9. The van der Waals surface area contributed by atoms with Gasteiger partial charge in [0, 0.05) is 11.0 Å². The van der Waals surface area contributed by atoms with E-state index in [1.165, 1.54) is 12.1 Å². The van der Waals surface area contributed by atoms with E-state index in [0.29, 0.717) is 22.5 Å². The summed E-state index contributed by atoms with van der Waals surface area (Å²) in [6, 6.07) is 4.13. The number of carbonyl (C=O) groups excluding carboxylic acids is 1. The Morgan fingerprint density at radius 1 is 1.44 bits per heavy atom. The zero-order valence-electron chi connectivity index (χ0n) is 10.0. The van der Waals surface area contributed by atoms with E-state index in [0.717, 1.165) is 25.9 Å². The van der Waals surface area contributed by atoms with Gasteiger partial charge in [0.15, 0.2) is 0 Å². The fraction of sp³-hybridized carbons (Fsp3) is 0.462. The van der Waals surface area contributed by atoms with Gasteiger partial charge in [0.2, 0.25) is 0 Å². The molecule has 2 rings (SSSR count). The molecule has 18 heavy (non-hydrogen) atoms. The maximum absolute atomic E-state index is 13.1. The fourth-order valence-corrected chi connectivity index (χ4v) is 2.52. The minimum Gasteiger partial charge on any atom is -0.352 e. The van der Waals surface area contributed by atoms with Crippen molar-refractivity contribution < 1.29 is 9.18 Å². The second-order valence-corrected chi connectivity index (χ2v) is 5.38. The molecule has 1 aromatic carbocycles. The van der Waals surface area contributed by atoms with Crippen LogP contribution in [0.5, 0.6) is 0 Å². The molecule has 0 aliphatic carbocycles. The highest BCUT2D eigenvalue weighted by Crippen LogP contribution is 2.18. The lowest BCUT2D eigenvalue weighted by Crippen LogP contribution is -2.36. The molecule has 1 saturated heterocycles. The Bertz CT molecular complexity index is 433. The number of hydrogen-bond donors (Lipinski definition) is 2. The highest BCUT2D eigenvalue weighted by molar-refractivity contribution is 9.10. The van der Waals surface area contributed by atoms with E-state index in [2.05, 4.69) is 26.6 Å². The summed E-state index contributed by atoms with van der Waals surface area (Å²) in [4.78, 5) is 11.9. The third-order valence-corrected chi connectivity index (χ3v) is 3.87. The maximum atomic E-state index is 13.1. The first-order chi connectivity index (χ1) is 8.66. The van der Waals surface area contributed by atoms with Crippen LogP contribution in [0.1, 0.15) is 23.2 Å². The van der Waals surface area contributed by atoms with Crippen LogP contribution >= 0.6 is 15.9 Å². The molecule has 98 valence electrons. The Labute approximate surface area is 114 Å². The van der Waals surface area contributed by atoms with Crippen LogP contribution in [-0.2, 0) is 0 Å². The zero-order chi connectivity index (χ0) is 13.0. The van der Waals surface area contributed by atoms with Crippen molar-refractivity contribution in [1.82, 2.24) is 10.6 Å². The molecule has 1 aromatic rings. The summed E-state index contributed by atoms with van der Waals surface area (Å²) >= 11 is 3.26. The number of halogens is 2.